The van der Waals surface area contributed by atoms with E-state index >= 15 is 0 Å². The second-order valence-corrected chi connectivity index (χ2v) is 3.76. The van der Waals surface area contributed by atoms with Crippen LogP contribution >= 0.6 is 0 Å². The van der Waals surface area contributed by atoms with E-state index in [0.29, 0.717) is 17.8 Å². The van der Waals surface area contributed by atoms with E-state index in [1.54, 1.807) is 12.1 Å². The summed E-state index contributed by atoms with van der Waals surface area (Å²) in [7, 11) is 0. The van der Waals surface area contributed by atoms with Gasteiger partial charge in [0.2, 0.25) is 5.91 Å². The molecule has 4 heteroatoms. The molecule has 1 aromatic rings. The molecule has 0 aliphatic heterocycles. The molecule has 1 aromatic carbocycles. The summed E-state index contributed by atoms with van der Waals surface area (Å²) in [5.41, 5.74) is 6.77. The van der Waals surface area contributed by atoms with E-state index in [9.17, 15) is 9.90 Å². The molecule has 4 nitrogen and oxygen atoms in total. The van der Waals surface area contributed by atoms with E-state index in [4.69, 9.17) is 5.73 Å². The van der Waals surface area contributed by atoms with E-state index in [2.05, 4.69) is 5.32 Å². The van der Waals surface area contributed by atoms with Crippen molar-refractivity contribution in [3.05, 3.63) is 23.8 Å². The van der Waals surface area contributed by atoms with Crippen molar-refractivity contribution in [2.75, 3.05) is 5.73 Å². The number of carbonyl (C=O) groups excluding carboxylic acids is 1. The van der Waals surface area contributed by atoms with Crippen LogP contribution < -0.4 is 11.1 Å². The first-order valence-corrected chi connectivity index (χ1v) is 4.85. The molecule has 0 saturated heterocycles. The Morgan fingerprint density at radius 1 is 1.53 bits per heavy atom. The molecule has 0 spiro atoms. The molecule has 0 saturated carbocycles. The van der Waals surface area contributed by atoms with Gasteiger partial charge >= 0.3 is 0 Å². The molecule has 0 heterocycles. The van der Waals surface area contributed by atoms with Crippen LogP contribution in [0.25, 0.3) is 0 Å². The van der Waals surface area contributed by atoms with E-state index in [1.807, 2.05) is 13.8 Å². The quantitative estimate of drug-likeness (QED) is 0.517. The topological polar surface area (TPSA) is 75.4 Å². The Kier molecular flexibility index (Phi) is 3.55. The Balaban J connectivity index is 2.65. The van der Waals surface area contributed by atoms with Gasteiger partial charge in [0.15, 0.2) is 0 Å². The van der Waals surface area contributed by atoms with Crippen LogP contribution in [0, 0.1) is 5.92 Å². The van der Waals surface area contributed by atoms with Crippen molar-refractivity contribution in [2.45, 2.75) is 20.4 Å². The summed E-state index contributed by atoms with van der Waals surface area (Å²) in [6, 6.07) is 4.78. The summed E-state index contributed by atoms with van der Waals surface area (Å²) in [6.07, 6.45) is 0. The van der Waals surface area contributed by atoms with E-state index < -0.39 is 0 Å². The minimum absolute atomic E-state index is 0.0446. The van der Waals surface area contributed by atoms with Gasteiger partial charge in [0.1, 0.15) is 5.75 Å². The van der Waals surface area contributed by atoms with Gasteiger partial charge in [-0.25, -0.2) is 0 Å². The first-order chi connectivity index (χ1) is 7.00. The Labute approximate surface area is 89.1 Å². The Hall–Kier alpha value is -1.71. The molecule has 0 aliphatic carbocycles. The van der Waals surface area contributed by atoms with Gasteiger partial charge in [-0.2, -0.15) is 0 Å². The Morgan fingerprint density at radius 2 is 2.20 bits per heavy atom. The monoisotopic (exact) mass is 208 g/mol. The molecule has 4 N–H and O–H groups in total. The fourth-order valence-electron chi connectivity index (χ4n) is 1.13. The number of hydrogen-bond acceptors (Lipinski definition) is 3. The molecule has 1 amide bonds. The van der Waals surface area contributed by atoms with E-state index in [0.717, 1.165) is 0 Å². The normalized spacial score (nSPS) is 10.3. The summed E-state index contributed by atoms with van der Waals surface area (Å²) in [6.45, 7) is 3.93. The predicted molar refractivity (Wildman–Crippen MR) is 59.2 cm³/mol. The smallest absolute Gasteiger partial charge is 0.222 e. The second-order valence-electron chi connectivity index (χ2n) is 3.76. The van der Waals surface area contributed by atoms with Gasteiger partial charge in [-0.05, 0) is 18.2 Å². The lowest BCUT2D eigenvalue weighted by atomic mass is 10.1. The van der Waals surface area contributed by atoms with E-state index in [-0.39, 0.29) is 17.6 Å². The minimum atomic E-state index is -0.0618. The van der Waals surface area contributed by atoms with Crippen LogP contribution in [0.15, 0.2) is 18.2 Å². The maximum absolute atomic E-state index is 11.3. The molecule has 0 atom stereocenters. The van der Waals surface area contributed by atoms with Gasteiger partial charge in [-0.15, -0.1) is 0 Å². The van der Waals surface area contributed by atoms with Crippen molar-refractivity contribution in [3.8, 4) is 5.75 Å². The van der Waals surface area contributed by atoms with Crippen LogP contribution in [0.5, 0.6) is 5.75 Å². The first kappa shape index (κ1) is 11.4. The standard InChI is InChI=1S/C11H16N2O2/c1-7(2)11(15)13-6-8-5-9(12)3-4-10(8)14/h3-5,7,14H,6,12H2,1-2H3,(H,13,15). The summed E-state index contributed by atoms with van der Waals surface area (Å²) in [5, 5.41) is 12.2. The molecule has 15 heavy (non-hydrogen) atoms. The zero-order chi connectivity index (χ0) is 11.4. The maximum Gasteiger partial charge on any atom is 0.222 e. The van der Waals surface area contributed by atoms with Gasteiger partial charge in [-0.3, -0.25) is 4.79 Å². The number of benzene rings is 1. The number of aromatic hydroxyl groups is 1. The third-order valence-electron chi connectivity index (χ3n) is 2.08. The molecule has 0 fully saturated rings. The lowest BCUT2D eigenvalue weighted by Crippen LogP contribution is -2.27. The Morgan fingerprint density at radius 3 is 2.80 bits per heavy atom. The first-order valence-electron chi connectivity index (χ1n) is 4.85. The molecule has 1 rings (SSSR count). The molecular formula is C11H16N2O2. The van der Waals surface area contributed by atoms with Crippen molar-refractivity contribution in [2.24, 2.45) is 5.92 Å². The maximum atomic E-state index is 11.3. The van der Waals surface area contributed by atoms with Crippen molar-refractivity contribution in [1.82, 2.24) is 5.32 Å². The number of anilines is 1. The third kappa shape index (κ3) is 3.16. The summed E-state index contributed by atoms with van der Waals surface area (Å²) in [5.74, 6) is 0.0401. The SMILES string of the molecule is CC(C)C(=O)NCc1cc(N)ccc1O. The van der Waals surface area contributed by atoms with Crippen LogP contribution in [0.1, 0.15) is 19.4 Å². The number of amides is 1. The van der Waals surface area contributed by atoms with Crippen LogP contribution in [-0.4, -0.2) is 11.0 Å². The van der Waals surface area contributed by atoms with Crippen LogP contribution in [0.2, 0.25) is 0 Å². The van der Waals surface area contributed by atoms with Crippen LogP contribution in [0.4, 0.5) is 5.69 Å². The molecule has 0 aromatic heterocycles. The summed E-state index contributed by atoms with van der Waals surface area (Å²) < 4.78 is 0. The van der Waals surface area contributed by atoms with Crippen molar-refractivity contribution in [1.29, 1.82) is 0 Å². The number of nitrogens with one attached hydrogen (secondary N) is 1. The molecular weight excluding hydrogens is 192 g/mol. The van der Waals surface area contributed by atoms with Gasteiger partial charge in [0, 0.05) is 23.7 Å². The van der Waals surface area contributed by atoms with Gasteiger partial charge in [-0.1, -0.05) is 13.8 Å². The third-order valence-corrected chi connectivity index (χ3v) is 2.08. The highest BCUT2D eigenvalue weighted by Gasteiger charge is 2.07. The average molecular weight is 208 g/mol. The van der Waals surface area contributed by atoms with Gasteiger partial charge < -0.3 is 16.2 Å². The zero-order valence-corrected chi connectivity index (χ0v) is 8.95. The van der Waals surface area contributed by atoms with E-state index in [1.165, 1.54) is 6.07 Å². The zero-order valence-electron chi connectivity index (χ0n) is 8.95. The second kappa shape index (κ2) is 4.68. The number of rotatable bonds is 3. The molecule has 82 valence electrons. The number of phenolic OH excluding ortho intramolecular Hbond substituents is 1. The summed E-state index contributed by atoms with van der Waals surface area (Å²) >= 11 is 0. The van der Waals surface area contributed by atoms with Gasteiger partial charge in [0.05, 0.1) is 0 Å². The highest BCUT2D eigenvalue weighted by molar-refractivity contribution is 5.77. The molecule has 0 bridgehead atoms. The number of carbonyl (C=O) groups is 1. The highest BCUT2D eigenvalue weighted by atomic mass is 16.3. The van der Waals surface area contributed by atoms with Crippen molar-refractivity contribution >= 4 is 11.6 Å². The number of nitrogen functional groups attached to an aromatic ring is 1. The average Bonchev–Trinajstić information content (AvgIpc) is 2.18. The molecule has 0 unspecified atom stereocenters. The fraction of sp³-hybridized carbons (Fsp3) is 0.364. The van der Waals surface area contributed by atoms with Crippen LogP contribution in [-0.2, 0) is 11.3 Å². The number of nitrogens with two attached hydrogens (primary N) is 1. The van der Waals surface area contributed by atoms with Crippen LogP contribution in [0.3, 0.4) is 0 Å². The van der Waals surface area contributed by atoms with Crippen molar-refractivity contribution < 1.29 is 9.90 Å². The summed E-state index contributed by atoms with van der Waals surface area (Å²) in [4.78, 5) is 11.3. The largest absolute Gasteiger partial charge is 0.508 e. The number of hydrogen-bond donors (Lipinski definition) is 3. The fourth-order valence-corrected chi connectivity index (χ4v) is 1.13. The van der Waals surface area contributed by atoms with Crippen molar-refractivity contribution in [3.63, 3.8) is 0 Å². The molecule has 0 radical (unpaired) electrons. The lowest BCUT2D eigenvalue weighted by Gasteiger charge is -2.09. The van der Waals surface area contributed by atoms with Gasteiger partial charge in [0.25, 0.3) is 0 Å². The highest BCUT2D eigenvalue weighted by Crippen LogP contribution is 2.19. The minimum Gasteiger partial charge on any atom is -0.508 e. The number of phenols is 1. The predicted octanol–water partition coefficient (Wildman–Crippen LogP) is 1.25. The lowest BCUT2D eigenvalue weighted by molar-refractivity contribution is -0.124. The molecule has 0 aliphatic rings. The Bertz CT molecular complexity index is 362.